The summed E-state index contributed by atoms with van der Waals surface area (Å²) >= 11 is 0. The van der Waals surface area contributed by atoms with E-state index in [4.69, 9.17) is 4.74 Å². The van der Waals surface area contributed by atoms with Crippen LogP contribution in [0.15, 0.2) is 28.0 Å². The predicted molar refractivity (Wildman–Crippen MR) is 113 cm³/mol. The van der Waals surface area contributed by atoms with Gasteiger partial charge in [0.05, 0.1) is 23.2 Å². The smallest absolute Gasteiger partial charge is 0.298 e. The van der Waals surface area contributed by atoms with E-state index in [9.17, 15) is 25.3 Å². The third-order valence-electron chi connectivity index (χ3n) is 4.62. The van der Waals surface area contributed by atoms with Gasteiger partial charge < -0.3 is 9.84 Å². The highest BCUT2D eigenvalue weighted by atomic mass is 16.6. The van der Waals surface area contributed by atoms with Crippen molar-refractivity contribution >= 4 is 17.6 Å². The molecule has 1 N–H and O–H groups in total. The Bertz CT molecular complexity index is 1070. The third kappa shape index (κ3) is 4.84. The lowest BCUT2D eigenvalue weighted by molar-refractivity contribution is -0.384. The van der Waals surface area contributed by atoms with Crippen LogP contribution in [-0.4, -0.2) is 27.4 Å². The fraction of sp³-hybridized carbons (Fsp3) is 0.381. The van der Waals surface area contributed by atoms with Gasteiger partial charge in [0.1, 0.15) is 23.1 Å². The zero-order valence-corrected chi connectivity index (χ0v) is 17.2. The zero-order valence-electron chi connectivity index (χ0n) is 17.2. The number of unbranched alkanes of at least 4 members (excludes halogenated alkanes) is 2. The molecule has 158 valence electrons. The molecule has 0 aliphatic rings. The topological polar surface area (TPSA) is 131 Å². The summed E-state index contributed by atoms with van der Waals surface area (Å²) in [5.41, 5.74) is -0.412. The zero-order chi connectivity index (χ0) is 22.3. The van der Waals surface area contributed by atoms with Gasteiger partial charge in [-0.1, -0.05) is 19.8 Å². The molecule has 1 heterocycles. The van der Waals surface area contributed by atoms with Crippen LogP contribution >= 0.6 is 0 Å². The average molecular weight is 412 g/mol. The minimum Gasteiger partial charge on any atom is -0.494 e. The molecule has 30 heavy (non-hydrogen) atoms. The summed E-state index contributed by atoms with van der Waals surface area (Å²) < 4.78 is 6.44. The van der Waals surface area contributed by atoms with Crippen molar-refractivity contribution in [2.45, 2.75) is 46.6 Å². The van der Waals surface area contributed by atoms with Crippen molar-refractivity contribution in [3.05, 3.63) is 55.4 Å². The van der Waals surface area contributed by atoms with Crippen LogP contribution < -0.4 is 10.3 Å². The van der Waals surface area contributed by atoms with Crippen molar-refractivity contribution in [2.75, 3.05) is 6.61 Å². The molecular formula is C21H24N4O5. The summed E-state index contributed by atoms with van der Waals surface area (Å²) in [6, 6.07) is 6.15. The molecule has 1 aromatic carbocycles. The largest absolute Gasteiger partial charge is 0.494 e. The van der Waals surface area contributed by atoms with Gasteiger partial charge in [-0.25, -0.2) is 4.99 Å². The minimum absolute atomic E-state index is 0.0597. The Morgan fingerprint density at radius 2 is 2.10 bits per heavy atom. The Balaban J connectivity index is 2.56. The third-order valence-corrected chi connectivity index (χ3v) is 4.62. The maximum absolute atomic E-state index is 12.5. The Kier molecular flexibility index (Phi) is 7.69. The van der Waals surface area contributed by atoms with Crippen molar-refractivity contribution in [3.8, 4) is 17.7 Å². The van der Waals surface area contributed by atoms with Crippen LogP contribution in [0.25, 0.3) is 0 Å². The number of benzene rings is 1. The van der Waals surface area contributed by atoms with Crippen LogP contribution in [0.5, 0.6) is 11.6 Å². The van der Waals surface area contributed by atoms with E-state index in [0.717, 1.165) is 17.4 Å². The summed E-state index contributed by atoms with van der Waals surface area (Å²) in [5, 5.41) is 31.5. The summed E-state index contributed by atoms with van der Waals surface area (Å²) in [4.78, 5) is 27.5. The molecule has 2 rings (SSSR count). The maximum Gasteiger partial charge on any atom is 0.298 e. The Hall–Kier alpha value is -3.67. The lowest BCUT2D eigenvalue weighted by Gasteiger charge is -2.13. The highest BCUT2D eigenvalue weighted by Gasteiger charge is 2.19. The first kappa shape index (κ1) is 22.6. The van der Waals surface area contributed by atoms with Gasteiger partial charge in [0.25, 0.3) is 11.2 Å². The molecule has 0 aliphatic carbocycles. The van der Waals surface area contributed by atoms with Crippen molar-refractivity contribution in [1.29, 1.82) is 5.26 Å². The van der Waals surface area contributed by atoms with E-state index in [-0.39, 0.29) is 40.5 Å². The van der Waals surface area contributed by atoms with Gasteiger partial charge in [-0.3, -0.25) is 19.5 Å². The van der Waals surface area contributed by atoms with Crippen LogP contribution in [0.4, 0.5) is 11.4 Å². The van der Waals surface area contributed by atoms with Gasteiger partial charge >= 0.3 is 0 Å². The highest BCUT2D eigenvalue weighted by Crippen LogP contribution is 2.32. The van der Waals surface area contributed by atoms with Gasteiger partial charge in [-0.15, -0.1) is 0 Å². The number of nitro groups is 1. The van der Waals surface area contributed by atoms with E-state index in [1.807, 2.05) is 13.0 Å². The number of nitriles is 1. The van der Waals surface area contributed by atoms with Gasteiger partial charge in [0, 0.05) is 12.8 Å². The summed E-state index contributed by atoms with van der Waals surface area (Å²) in [6.45, 7) is 5.94. The van der Waals surface area contributed by atoms with E-state index >= 15 is 0 Å². The maximum atomic E-state index is 12.5. The number of hydrogen-bond donors (Lipinski definition) is 1. The summed E-state index contributed by atoms with van der Waals surface area (Å²) in [6.07, 6.45) is 3.70. The molecule has 0 radical (unpaired) electrons. The molecular weight excluding hydrogens is 388 g/mol. The van der Waals surface area contributed by atoms with E-state index < -0.39 is 10.5 Å². The number of aromatic nitrogens is 1. The van der Waals surface area contributed by atoms with Gasteiger partial charge in [-0.2, -0.15) is 5.26 Å². The molecule has 9 heteroatoms. The van der Waals surface area contributed by atoms with Crippen molar-refractivity contribution in [1.82, 2.24) is 4.57 Å². The quantitative estimate of drug-likeness (QED) is 0.287. The second-order valence-corrected chi connectivity index (χ2v) is 6.61. The van der Waals surface area contributed by atoms with Crippen molar-refractivity contribution in [3.63, 3.8) is 0 Å². The number of aromatic hydroxyl groups is 1. The number of nitrogens with zero attached hydrogens (tertiary/aromatic N) is 4. The molecule has 0 spiro atoms. The first-order valence-electron chi connectivity index (χ1n) is 9.67. The van der Waals surface area contributed by atoms with Crippen molar-refractivity contribution < 1.29 is 14.8 Å². The molecule has 0 saturated carbocycles. The molecule has 0 fully saturated rings. The van der Waals surface area contributed by atoms with E-state index in [2.05, 4.69) is 4.99 Å². The lowest BCUT2D eigenvalue weighted by atomic mass is 10.1. The lowest BCUT2D eigenvalue weighted by Crippen LogP contribution is -2.25. The molecule has 0 amide bonds. The first-order chi connectivity index (χ1) is 14.3. The van der Waals surface area contributed by atoms with E-state index in [0.29, 0.717) is 18.8 Å². The summed E-state index contributed by atoms with van der Waals surface area (Å²) in [7, 11) is 0. The summed E-state index contributed by atoms with van der Waals surface area (Å²) in [5.74, 6) is 0.0309. The van der Waals surface area contributed by atoms with Crippen LogP contribution in [-0.2, 0) is 6.54 Å². The predicted octanol–water partition coefficient (Wildman–Crippen LogP) is 3.98. The molecule has 0 saturated heterocycles. The van der Waals surface area contributed by atoms with E-state index in [1.54, 1.807) is 13.0 Å². The average Bonchev–Trinajstić information content (AvgIpc) is 2.71. The van der Waals surface area contributed by atoms with Crippen LogP contribution in [0.1, 0.15) is 49.8 Å². The van der Waals surface area contributed by atoms with Crippen molar-refractivity contribution in [2.24, 2.45) is 4.99 Å². The van der Waals surface area contributed by atoms with Gasteiger partial charge in [-0.05, 0) is 38.0 Å². The SMILES string of the molecule is CCCCCn1c(O)c(C=Nc2ccc(OCC)cc2[N+](=O)[O-])c(C)c(C#N)c1=O. The molecule has 2 aromatic rings. The standard InChI is InChI=1S/C21H24N4O5/c1-4-6-7-10-24-20(26)16(12-22)14(3)17(21(24)27)13-23-18-9-8-15(30-5-2)11-19(18)25(28)29/h8-9,11,13,27H,4-7,10H2,1-3H3. The molecule has 0 atom stereocenters. The second-order valence-electron chi connectivity index (χ2n) is 6.61. The Morgan fingerprint density at radius 3 is 2.70 bits per heavy atom. The molecule has 1 aromatic heterocycles. The molecule has 0 bridgehead atoms. The van der Waals surface area contributed by atoms with Crippen LogP contribution in [0.3, 0.4) is 0 Å². The van der Waals surface area contributed by atoms with Crippen LogP contribution in [0, 0.1) is 28.4 Å². The number of rotatable bonds is 9. The number of pyridine rings is 1. The number of nitro benzene ring substituents is 1. The Morgan fingerprint density at radius 1 is 1.37 bits per heavy atom. The highest BCUT2D eigenvalue weighted by molar-refractivity contribution is 5.88. The number of hydrogen-bond acceptors (Lipinski definition) is 7. The number of ether oxygens (including phenoxy) is 1. The Labute approximate surface area is 174 Å². The first-order valence-corrected chi connectivity index (χ1v) is 9.67. The second kappa shape index (κ2) is 10.2. The van der Waals surface area contributed by atoms with Crippen LogP contribution in [0.2, 0.25) is 0 Å². The van der Waals surface area contributed by atoms with Gasteiger partial charge in [0.15, 0.2) is 0 Å². The monoisotopic (exact) mass is 412 g/mol. The fourth-order valence-corrected chi connectivity index (χ4v) is 3.00. The molecule has 9 nitrogen and oxygen atoms in total. The minimum atomic E-state index is -0.575. The molecule has 0 aliphatic heterocycles. The van der Waals surface area contributed by atoms with Gasteiger partial charge in [0.2, 0.25) is 5.88 Å². The fourth-order valence-electron chi connectivity index (χ4n) is 3.00. The molecule has 0 unspecified atom stereocenters. The van der Waals surface area contributed by atoms with E-state index in [1.165, 1.54) is 25.3 Å². The normalized spacial score (nSPS) is 10.9. The number of aliphatic imine (C=N–C) groups is 1.